The van der Waals surface area contributed by atoms with Crippen LogP contribution in [0.5, 0.6) is 0 Å². The minimum atomic E-state index is -1.31. The molecule has 19 heavy (non-hydrogen) atoms. The highest BCUT2D eigenvalue weighted by Gasteiger charge is 2.18. The highest BCUT2D eigenvalue weighted by Crippen LogP contribution is 2.20. The van der Waals surface area contributed by atoms with Crippen LogP contribution < -0.4 is 0 Å². The normalized spacial score (nSPS) is 10.5. The van der Waals surface area contributed by atoms with E-state index in [1.54, 1.807) is 0 Å². The van der Waals surface area contributed by atoms with Crippen LogP contribution in [-0.2, 0) is 0 Å². The number of nitrogens with zero attached hydrogens (tertiary/aromatic N) is 1. The van der Waals surface area contributed by atoms with Gasteiger partial charge in [-0.05, 0) is 25.1 Å². The Morgan fingerprint density at radius 3 is 2.42 bits per heavy atom. The summed E-state index contributed by atoms with van der Waals surface area (Å²) in [5.41, 5.74) is -0.261. The number of carbonyl (C=O) groups is 2. The van der Waals surface area contributed by atoms with Crippen LogP contribution in [0, 0.1) is 11.6 Å². The molecule has 1 aromatic heterocycles. The highest BCUT2D eigenvalue weighted by atomic mass is 19.1. The van der Waals surface area contributed by atoms with Gasteiger partial charge < -0.3 is 9.67 Å². The summed E-state index contributed by atoms with van der Waals surface area (Å²) in [6.07, 6.45) is 1.21. The monoisotopic (exact) mass is 265 g/mol. The number of rotatable bonds is 3. The third-order valence-corrected chi connectivity index (χ3v) is 2.61. The van der Waals surface area contributed by atoms with Gasteiger partial charge in [0.05, 0.1) is 5.69 Å². The Balaban J connectivity index is 2.66. The number of Topliss-reactive ketones (excluding diaryl/α,β-unsaturated/α-hetero) is 1. The van der Waals surface area contributed by atoms with Crippen LogP contribution in [0.1, 0.15) is 27.8 Å². The van der Waals surface area contributed by atoms with Gasteiger partial charge in [0.25, 0.3) is 0 Å². The maximum Gasteiger partial charge on any atom is 0.352 e. The minimum absolute atomic E-state index is 0.133. The molecule has 0 aliphatic carbocycles. The van der Waals surface area contributed by atoms with Crippen LogP contribution in [0.2, 0.25) is 0 Å². The Kier molecular flexibility index (Phi) is 3.16. The molecule has 0 radical (unpaired) electrons. The molecule has 4 nitrogen and oxygen atoms in total. The third-order valence-electron chi connectivity index (χ3n) is 2.61. The van der Waals surface area contributed by atoms with Crippen LogP contribution in [0.15, 0.2) is 30.5 Å². The molecule has 0 saturated carbocycles. The first-order chi connectivity index (χ1) is 8.90. The second-order valence-electron chi connectivity index (χ2n) is 3.94. The predicted molar refractivity (Wildman–Crippen MR) is 62.6 cm³/mol. The zero-order chi connectivity index (χ0) is 14.2. The van der Waals surface area contributed by atoms with Gasteiger partial charge in [0, 0.05) is 17.8 Å². The van der Waals surface area contributed by atoms with Crippen LogP contribution in [0.25, 0.3) is 5.69 Å². The molecule has 0 saturated heterocycles. The molecule has 0 aliphatic rings. The fourth-order valence-corrected chi connectivity index (χ4v) is 1.70. The molecule has 98 valence electrons. The zero-order valence-electron chi connectivity index (χ0n) is 9.85. The number of halogens is 2. The number of benzene rings is 1. The maximum atomic E-state index is 13.7. The lowest BCUT2D eigenvalue weighted by Crippen LogP contribution is -2.07. The van der Waals surface area contributed by atoms with Gasteiger partial charge in [0.15, 0.2) is 5.78 Å². The summed E-state index contributed by atoms with van der Waals surface area (Å²) in [4.78, 5) is 22.3. The van der Waals surface area contributed by atoms with E-state index in [1.165, 1.54) is 13.1 Å². The first kappa shape index (κ1) is 12.9. The van der Waals surface area contributed by atoms with Crippen LogP contribution in [0.4, 0.5) is 8.78 Å². The van der Waals surface area contributed by atoms with Gasteiger partial charge in [-0.2, -0.15) is 0 Å². The Hall–Kier alpha value is -2.50. The van der Waals surface area contributed by atoms with E-state index >= 15 is 0 Å². The first-order valence-corrected chi connectivity index (χ1v) is 5.32. The fraction of sp³-hybridized carbons (Fsp3) is 0.0769. The second kappa shape index (κ2) is 4.64. The molecule has 0 atom stereocenters. The average molecular weight is 265 g/mol. The van der Waals surface area contributed by atoms with Crippen molar-refractivity contribution in [1.82, 2.24) is 4.57 Å². The van der Waals surface area contributed by atoms with Crippen molar-refractivity contribution in [3.8, 4) is 5.69 Å². The summed E-state index contributed by atoms with van der Waals surface area (Å²) in [5, 5.41) is 9.04. The lowest BCUT2D eigenvalue weighted by Gasteiger charge is -2.07. The first-order valence-electron chi connectivity index (χ1n) is 5.32. The summed E-state index contributed by atoms with van der Waals surface area (Å²) in [5.74, 6) is -3.33. The highest BCUT2D eigenvalue weighted by molar-refractivity contribution is 5.97. The van der Waals surface area contributed by atoms with Gasteiger partial charge in [-0.3, -0.25) is 4.79 Å². The van der Waals surface area contributed by atoms with Crippen molar-refractivity contribution in [2.75, 3.05) is 0 Å². The Bertz CT molecular complexity index is 677. The topological polar surface area (TPSA) is 59.3 Å². The molecule has 2 aromatic rings. The van der Waals surface area contributed by atoms with E-state index in [2.05, 4.69) is 0 Å². The van der Waals surface area contributed by atoms with Gasteiger partial charge in [-0.1, -0.05) is 0 Å². The molecule has 1 N–H and O–H groups in total. The number of carboxylic acids is 1. The SMILES string of the molecule is CC(=O)c1cc(C(=O)O)n(-c2ccc(F)cc2F)c1. The number of aromatic nitrogens is 1. The number of hydrogen-bond donors (Lipinski definition) is 1. The predicted octanol–water partition coefficient (Wildman–Crippen LogP) is 2.66. The van der Waals surface area contributed by atoms with Crippen molar-refractivity contribution in [2.24, 2.45) is 0 Å². The molecule has 6 heteroatoms. The summed E-state index contributed by atoms with van der Waals surface area (Å²) < 4.78 is 27.5. The largest absolute Gasteiger partial charge is 0.477 e. The summed E-state index contributed by atoms with van der Waals surface area (Å²) in [6, 6.07) is 3.92. The molecule has 0 amide bonds. The lowest BCUT2D eigenvalue weighted by atomic mass is 10.2. The smallest absolute Gasteiger partial charge is 0.352 e. The van der Waals surface area contributed by atoms with Gasteiger partial charge in [0.2, 0.25) is 0 Å². The van der Waals surface area contributed by atoms with E-state index in [0.717, 1.165) is 22.8 Å². The maximum absolute atomic E-state index is 13.7. The molecule has 2 rings (SSSR count). The van der Waals surface area contributed by atoms with Crippen molar-refractivity contribution in [1.29, 1.82) is 0 Å². The van der Waals surface area contributed by atoms with E-state index in [-0.39, 0.29) is 22.7 Å². The molecular formula is C13H9F2NO3. The van der Waals surface area contributed by atoms with Crippen LogP contribution in [-0.4, -0.2) is 21.4 Å². The van der Waals surface area contributed by atoms with Crippen molar-refractivity contribution in [3.05, 3.63) is 53.4 Å². The number of aromatic carboxylic acids is 1. The molecular weight excluding hydrogens is 256 g/mol. The molecule has 0 spiro atoms. The molecule has 0 aliphatic heterocycles. The van der Waals surface area contributed by atoms with Gasteiger partial charge in [0.1, 0.15) is 17.3 Å². The fourth-order valence-electron chi connectivity index (χ4n) is 1.70. The molecule has 1 heterocycles. The van der Waals surface area contributed by atoms with Crippen molar-refractivity contribution >= 4 is 11.8 Å². The van der Waals surface area contributed by atoms with E-state index in [9.17, 15) is 18.4 Å². The van der Waals surface area contributed by atoms with Crippen molar-refractivity contribution in [2.45, 2.75) is 6.92 Å². The number of ketones is 1. The van der Waals surface area contributed by atoms with E-state index in [4.69, 9.17) is 5.11 Å². The van der Waals surface area contributed by atoms with Gasteiger partial charge in [-0.25, -0.2) is 13.6 Å². The molecule has 0 unspecified atom stereocenters. The van der Waals surface area contributed by atoms with E-state index in [1.807, 2.05) is 0 Å². The Labute approximate surface area is 106 Å². The second-order valence-corrected chi connectivity index (χ2v) is 3.94. The quantitative estimate of drug-likeness (QED) is 0.868. The minimum Gasteiger partial charge on any atom is -0.477 e. The lowest BCUT2D eigenvalue weighted by molar-refractivity contribution is 0.0688. The average Bonchev–Trinajstić information content (AvgIpc) is 2.73. The number of carboxylic acid groups (broad SMARTS) is 1. The van der Waals surface area contributed by atoms with Crippen molar-refractivity contribution < 1.29 is 23.5 Å². The molecule has 0 bridgehead atoms. The summed E-state index contributed by atoms with van der Waals surface area (Å²) in [7, 11) is 0. The van der Waals surface area contributed by atoms with E-state index in [0.29, 0.717) is 6.07 Å². The van der Waals surface area contributed by atoms with Gasteiger partial charge in [-0.15, -0.1) is 0 Å². The third kappa shape index (κ3) is 2.37. The van der Waals surface area contributed by atoms with Crippen LogP contribution in [0.3, 0.4) is 0 Å². The standard InChI is InChI=1S/C13H9F2NO3/c1-7(17)8-4-12(13(18)19)16(6-8)11-3-2-9(14)5-10(11)15/h2-6H,1H3,(H,18,19). The summed E-state index contributed by atoms with van der Waals surface area (Å²) in [6.45, 7) is 1.27. The number of hydrogen-bond acceptors (Lipinski definition) is 2. The van der Waals surface area contributed by atoms with E-state index < -0.39 is 17.6 Å². The van der Waals surface area contributed by atoms with Crippen molar-refractivity contribution in [3.63, 3.8) is 0 Å². The Morgan fingerprint density at radius 2 is 1.89 bits per heavy atom. The Morgan fingerprint density at radius 1 is 1.21 bits per heavy atom. The number of carbonyl (C=O) groups excluding carboxylic acids is 1. The van der Waals surface area contributed by atoms with Crippen LogP contribution >= 0.6 is 0 Å². The van der Waals surface area contributed by atoms with Gasteiger partial charge >= 0.3 is 5.97 Å². The summed E-state index contributed by atoms with van der Waals surface area (Å²) >= 11 is 0. The molecule has 0 fully saturated rings. The zero-order valence-corrected chi connectivity index (χ0v) is 9.85. The molecule has 1 aromatic carbocycles.